The molecule has 128 valence electrons. The fourth-order valence-corrected chi connectivity index (χ4v) is 2.86. The van der Waals surface area contributed by atoms with Gasteiger partial charge in [-0.1, -0.05) is 23.9 Å². The van der Waals surface area contributed by atoms with Gasteiger partial charge in [0.15, 0.2) is 5.82 Å². The summed E-state index contributed by atoms with van der Waals surface area (Å²) in [6.45, 7) is 1.80. The van der Waals surface area contributed by atoms with Gasteiger partial charge in [0.25, 0.3) is 0 Å². The van der Waals surface area contributed by atoms with Crippen LogP contribution >= 0.6 is 11.8 Å². The van der Waals surface area contributed by atoms with Crippen molar-refractivity contribution in [1.29, 1.82) is 0 Å². The molecule has 8 heteroatoms. The third kappa shape index (κ3) is 4.16. The van der Waals surface area contributed by atoms with Crippen molar-refractivity contribution < 1.29 is 9.53 Å². The summed E-state index contributed by atoms with van der Waals surface area (Å²) in [5.41, 5.74) is 1.52. The molecular weight excluding hydrogens is 338 g/mol. The van der Waals surface area contributed by atoms with Crippen LogP contribution in [0, 0.1) is 0 Å². The van der Waals surface area contributed by atoms with Crippen LogP contribution in [-0.2, 0) is 4.79 Å². The Hall–Kier alpha value is -2.87. The van der Waals surface area contributed by atoms with Crippen LogP contribution in [0.5, 0.6) is 5.75 Å². The van der Waals surface area contributed by atoms with Crippen LogP contribution < -0.4 is 10.1 Å². The van der Waals surface area contributed by atoms with Gasteiger partial charge in [-0.05, 0) is 31.2 Å². The highest BCUT2D eigenvalue weighted by Crippen LogP contribution is 2.26. The summed E-state index contributed by atoms with van der Waals surface area (Å²) in [4.78, 5) is 20.8. The lowest BCUT2D eigenvalue weighted by Crippen LogP contribution is -2.22. The van der Waals surface area contributed by atoms with Gasteiger partial charge in [0.2, 0.25) is 11.1 Å². The smallest absolute Gasteiger partial charge is 0.237 e. The molecular formula is C17H17N5O2S. The number of carbonyl (C=O) groups excluding carboxylic acids is 1. The van der Waals surface area contributed by atoms with Crippen molar-refractivity contribution in [3.8, 4) is 17.1 Å². The molecule has 0 bridgehead atoms. The molecule has 1 aromatic carbocycles. The summed E-state index contributed by atoms with van der Waals surface area (Å²) >= 11 is 1.28. The number of aromatic nitrogens is 4. The number of para-hydroxylation sites is 2. The van der Waals surface area contributed by atoms with Gasteiger partial charge in [0.1, 0.15) is 5.75 Å². The SMILES string of the molecule is COc1ccccc1NC(=O)[C@H](C)Sc1n[nH]c(-c2ccncc2)n1. The van der Waals surface area contributed by atoms with E-state index < -0.39 is 0 Å². The predicted octanol–water partition coefficient (Wildman–Crippen LogP) is 2.99. The Balaban J connectivity index is 1.65. The molecule has 2 heterocycles. The number of thioether (sulfide) groups is 1. The minimum absolute atomic E-state index is 0.148. The van der Waals surface area contributed by atoms with E-state index in [-0.39, 0.29) is 11.2 Å². The number of nitrogens with zero attached hydrogens (tertiary/aromatic N) is 3. The second-order valence-electron chi connectivity index (χ2n) is 5.15. The third-order valence-corrected chi connectivity index (χ3v) is 4.40. The first-order valence-corrected chi connectivity index (χ1v) is 8.48. The van der Waals surface area contributed by atoms with Crippen molar-refractivity contribution in [2.24, 2.45) is 0 Å². The predicted molar refractivity (Wildman–Crippen MR) is 96.6 cm³/mol. The van der Waals surface area contributed by atoms with Crippen LogP contribution in [-0.4, -0.2) is 38.4 Å². The first-order valence-electron chi connectivity index (χ1n) is 7.60. The number of H-pyrrole nitrogens is 1. The molecule has 7 nitrogen and oxygen atoms in total. The number of aromatic amines is 1. The summed E-state index contributed by atoms with van der Waals surface area (Å²) in [7, 11) is 1.57. The summed E-state index contributed by atoms with van der Waals surface area (Å²) in [5.74, 6) is 1.11. The number of ether oxygens (including phenoxy) is 1. The van der Waals surface area contributed by atoms with Gasteiger partial charge in [-0.3, -0.25) is 14.9 Å². The molecule has 0 fully saturated rings. The van der Waals surface area contributed by atoms with Crippen molar-refractivity contribution in [1.82, 2.24) is 20.2 Å². The second kappa shape index (κ2) is 7.80. The highest BCUT2D eigenvalue weighted by Gasteiger charge is 2.18. The molecule has 3 aromatic rings. The van der Waals surface area contributed by atoms with E-state index in [2.05, 4.69) is 25.5 Å². The molecule has 2 aromatic heterocycles. The minimum atomic E-state index is -0.369. The van der Waals surface area contributed by atoms with Gasteiger partial charge in [-0.2, -0.15) is 0 Å². The molecule has 25 heavy (non-hydrogen) atoms. The van der Waals surface area contributed by atoms with E-state index in [1.807, 2.05) is 24.3 Å². The normalized spacial score (nSPS) is 11.8. The van der Waals surface area contributed by atoms with Crippen molar-refractivity contribution in [2.75, 3.05) is 12.4 Å². The standard InChI is InChI=1S/C17H17N5O2S/c1-11(16(23)19-13-5-3-4-6-14(13)24-2)25-17-20-15(21-22-17)12-7-9-18-10-8-12/h3-11H,1-2H3,(H,19,23)(H,20,21,22)/t11-/m0/s1. The molecule has 0 saturated heterocycles. The van der Waals surface area contributed by atoms with Gasteiger partial charge >= 0.3 is 0 Å². The zero-order chi connectivity index (χ0) is 17.6. The molecule has 0 unspecified atom stereocenters. The van der Waals surface area contributed by atoms with Crippen molar-refractivity contribution in [3.63, 3.8) is 0 Å². The number of amides is 1. The van der Waals surface area contributed by atoms with E-state index >= 15 is 0 Å². The van der Waals surface area contributed by atoms with Gasteiger partial charge < -0.3 is 10.1 Å². The zero-order valence-electron chi connectivity index (χ0n) is 13.8. The first-order chi connectivity index (χ1) is 12.2. The number of pyridine rings is 1. The Labute approximate surface area is 149 Å². The van der Waals surface area contributed by atoms with Crippen molar-refractivity contribution >= 4 is 23.4 Å². The topological polar surface area (TPSA) is 92.8 Å². The summed E-state index contributed by atoms with van der Waals surface area (Å²) < 4.78 is 5.24. The van der Waals surface area contributed by atoms with Gasteiger partial charge in [-0.15, -0.1) is 5.10 Å². The van der Waals surface area contributed by atoms with Crippen LogP contribution in [0.15, 0.2) is 53.9 Å². The molecule has 2 N–H and O–H groups in total. The average molecular weight is 355 g/mol. The lowest BCUT2D eigenvalue weighted by molar-refractivity contribution is -0.115. The maximum absolute atomic E-state index is 12.4. The number of rotatable bonds is 6. The number of carbonyl (C=O) groups is 1. The van der Waals surface area contributed by atoms with E-state index in [1.54, 1.807) is 38.6 Å². The highest BCUT2D eigenvalue weighted by molar-refractivity contribution is 8.00. The molecule has 0 aliphatic rings. The number of benzene rings is 1. The summed E-state index contributed by atoms with van der Waals surface area (Å²) in [6, 6.07) is 11.0. The number of methoxy groups -OCH3 is 1. The Morgan fingerprint density at radius 1 is 1.24 bits per heavy atom. The lowest BCUT2D eigenvalue weighted by atomic mass is 10.3. The van der Waals surface area contributed by atoms with Crippen LogP contribution in [0.3, 0.4) is 0 Å². The number of anilines is 1. The van der Waals surface area contributed by atoms with Crippen molar-refractivity contribution in [3.05, 3.63) is 48.8 Å². The van der Waals surface area contributed by atoms with Gasteiger partial charge in [0, 0.05) is 18.0 Å². The van der Waals surface area contributed by atoms with E-state index in [9.17, 15) is 4.79 Å². The van der Waals surface area contributed by atoms with E-state index in [0.29, 0.717) is 22.4 Å². The Morgan fingerprint density at radius 3 is 2.76 bits per heavy atom. The van der Waals surface area contributed by atoms with E-state index in [1.165, 1.54) is 11.8 Å². The van der Waals surface area contributed by atoms with E-state index in [4.69, 9.17) is 4.74 Å². The van der Waals surface area contributed by atoms with Gasteiger partial charge in [0.05, 0.1) is 18.0 Å². The average Bonchev–Trinajstić information content (AvgIpc) is 3.11. The Kier molecular flexibility index (Phi) is 5.30. The quantitative estimate of drug-likeness (QED) is 0.660. The fourth-order valence-electron chi connectivity index (χ4n) is 2.13. The van der Waals surface area contributed by atoms with E-state index in [0.717, 1.165) is 5.56 Å². The van der Waals surface area contributed by atoms with Crippen LogP contribution in [0.4, 0.5) is 5.69 Å². The second-order valence-corrected chi connectivity index (χ2v) is 6.46. The molecule has 1 atom stereocenters. The number of nitrogens with one attached hydrogen (secondary N) is 2. The molecule has 0 spiro atoms. The highest BCUT2D eigenvalue weighted by atomic mass is 32.2. The summed E-state index contributed by atoms with van der Waals surface area (Å²) in [5, 5.41) is 10.0. The largest absolute Gasteiger partial charge is 0.495 e. The lowest BCUT2D eigenvalue weighted by Gasteiger charge is -2.12. The fraction of sp³-hybridized carbons (Fsp3) is 0.176. The number of hydrogen-bond acceptors (Lipinski definition) is 6. The zero-order valence-corrected chi connectivity index (χ0v) is 14.6. The third-order valence-electron chi connectivity index (χ3n) is 3.43. The minimum Gasteiger partial charge on any atom is -0.495 e. The van der Waals surface area contributed by atoms with Gasteiger partial charge in [-0.25, -0.2) is 4.98 Å². The maximum atomic E-state index is 12.4. The molecule has 3 rings (SSSR count). The Bertz CT molecular complexity index is 853. The molecule has 0 aliphatic heterocycles. The first kappa shape index (κ1) is 17.0. The maximum Gasteiger partial charge on any atom is 0.237 e. The van der Waals surface area contributed by atoms with Crippen molar-refractivity contribution in [2.45, 2.75) is 17.3 Å². The van der Waals surface area contributed by atoms with Crippen LogP contribution in [0.2, 0.25) is 0 Å². The molecule has 0 saturated carbocycles. The monoisotopic (exact) mass is 355 g/mol. The summed E-state index contributed by atoms with van der Waals surface area (Å²) in [6.07, 6.45) is 3.38. The molecule has 0 radical (unpaired) electrons. The van der Waals surface area contributed by atoms with Crippen LogP contribution in [0.1, 0.15) is 6.92 Å². The number of hydrogen-bond donors (Lipinski definition) is 2. The van der Waals surface area contributed by atoms with Crippen LogP contribution in [0.25, 0.3) is 11.4 Å². The molecule has 0 aliphatic carbocycles. The Morgan fingerprint density at radius 2 is 2.00 bits per heavy atom. The molecule has 1 amide bonds.